The van der Waals surface area contributed by atoms with Crippen molar-refractivity contribution >= 4 is 58.7 Å². The van der Waals surface area contributed by atoms with Crippen molar-refractivity contribution in [3.8, 4) is 56.8 Å². The molecule has 16 rings (SSSR count). The minimum Gasteiger partial charge on any atom is -0.473 e. The van der Waals surface area contributed by atoms with Gasteiger partial charge in [-0.2, -0.15) is 26.3 Å². The first-order chi connectivity index (χ1) is 43.6. The highest BCUT2D eigenvalue weighted by atomic mass is 31.2. The third-order valence-electron chi connectivity index (χ3n) is 16.6. The Balaban J connectivity index is 0.000000152. The summed E-state index contributed by atoms with van der Waals surface area (Å²) in [4.78, 5) is 16.0. The number of halogens is 6. The topological polar surface area (TPSA) is 128 Å². The summed E-state index contributed by atoms with van der Waals surface area (Å²) in [5, 5.41) is 1.82. The Morgan fingerprint density at radius 3 is 1.19 bits per heavy atom. The fourth-order valence-electron chi connectivity index (χ4n) is 12.4. The first-order valence-electron chi connectivity index (χ1n) is 28.6. The van der Waals surface area contributed by atoms with Gasteiger partial charge in [-0.25, -0.2) is 0 Å². The number of anilines is 4. The fraction of sp³-hybridized carbons (Fsp3) is 0.147. The van der Waals surface area contributed by atoms with E-state index in [1.807, 2.05) is 109 Å². The van der Waals surface area contributed by atoms with Gasteiger partial charge in [-0.1, -0.05) is 84.9 Å². The smallest absolute Gasteiger partial charge is 0.416 e. The summed E-state index contributed by atoms with van der Waals surface area (Å²) in [6.45, 7) is 1.47. The lowest BCUT2D eigenvalue weighted by molar-refractivity contribution is -0.138. The second kappa shape index (κ2) is 22.0. The zero-order chi connectivity index (χ0) is 61.5. The van der Waals surface area contributed by atoms with E-state index < -0.39 is 38.2 Å². The van der Waals surface area contributed by atoms with Crippen molar-refractivity contribution in [2.75, 3.05) is 46.5 Å². The van der Waals surface area contributed by atoms with Crippen molar-refractivity contribution in [1.82, 2.24) is 9.97 Å². The Hall–Kier alpha value is -9.90. The lowest BCUT2D eigenvalue weighted by Crippen LogP contribution is -2.40. The van der Waals surface area contributed by atoms with Crippen LogP contribution in [0, 0.1) is 0 Å². The number of nitrogens with zero attached hydrogens (tertiary/aromatic N) is 6. The maximum atomic E-state index is 15.6. The van der Waals surface area contributed by atoms with E-state index in [1.165, 1.54) is 18.2 Å². The number of hydrogen-bond donors (Lipinski definition) is 0. The van der Waals surface area contributed by atoms with Crippen molar-refractivity contribution in [2.24, 2.45) is 0 Å². The summed E-state index contributed by atoms with van der Waals surface area (Å²) in [7, 11) is -7.76. The van der Waals surface area contributed by atoms with E-state index in [9.17, 15) is 26.3 Å². The Morgan fingerprint density at radius 1 is 0.378 bits per heavy atom. The summed E-state index contributed by atoms with van der Waals surface area (Å²) in [6, 6.07) is 51.1. The van der Waals surface area contributed by atoms with Gasteiger partial charge in [0.2, 0.25) is 0 Å². The normalized spacial score (nSPS) is 18.4. The Kier molecular flexibility index (Phi) is 13.8. The summed E-state index contributed by atoms with van der Waals surface area (Å²) < 4.78 is 151. The molecule has 0 spiro atoms. The van der Waals surface area contributed by atoms with Gasteiger partial charge >= 0.3 is 27.1 Å². The first-order valence-corrected chi connectivity index (χ1v) is 31.9. The van der Waals surface area contributed by atoms with E-state index in [-0.39, 0.29) is 55.7 Å². The largest absolute Gasteiger partial charge is 0.473 e. The molecule has 6 aliphatic rings. The number of alkyl halides is 6. The van der Waals surface area contributed by atoms with Crippen LogP contribution in [-0.2, 0) is 47.7 Å². The molecular weight excluding hydrogens is 1200 g/mol. The number of fused-ring (bicyclic) bond motifs is 10. The number of para-hydroxylation sites is 2. The van der Waals surface area contributed by atoms with Crippen LogP contribution < -0.4 is 68.8 Å². The molecule has 2 aromatic heterocycles. The molecule has 0 aliphatic carbocycles. The van der Waals surface area contributed by atoms with E-state index in [0.29, 0.717) is 81.2 Å². The maximum absolute atomic E-state index is 15.6. The molecule has 0 fully saturated rings. The van der Waals surface area contributed by atoms with Crippen LogP contribution in [0.25, 0.3) is 22.3 Å². The number of aromatic nitrogens is 2. The summed E-state index contributed by atoms with van der Waals surface area (Å²) in [6.07, 6.45) is -1.99. The zero-order valence-electron chi connectivity index (χ0n) is 47.4. The summed E-state index contributed by atoms with van der Waals surface area (Å²) in [5.74, 6) is 2.80. The van der Waals surface area contributed by atoms with E-state index in [1.54, 1.807) is 64.8 Å². The highest BCUT2D eigenvalue weighted by Gasteiger charge is 2.48. The Bertz CT molecular complexity index is 4580. The van der Waals surface area contributed by atoms with Gasteiger partial charge in [-0.05, 0) is 108 Å². The van der Waals surface area contributed by atoms with E-state index in [0.717, 1.165) is 63.5 Å². The molecule has 0 saturated carbocycles. The van der Waals surface area contributed by atoms with Gasteiger partial charge in [0.15, 0.2) is 26.9 Å². The molecule has 14 nitrogen and oxygen atoms in total. The molecule has 0 amide bonds. The number of benzene rings is 8. The molecule has 8 heterocycles. The number of rotatable bonds is 6. The predicted octanol–water partition coefficient (Wildman–Crippen LogP) is 14.2. The van der Waals surface area contributed by atoms with Crippen molar-refractivity contribution < 1.29 is 63.5 Å². The molecule has 0 N–H and O–H groups in total. The van der Waals surface area contributed by atoms with Gasteiger partial charge in [-0.3, -0.25) is 19.1 Å². The Morgan fingerprint density at radius 2 is 0.756 bits per heavy atom. The average molecular weight is 1260 g/mol. The molecule has 22 heteroatoms. The van der Waals surface area contributed by atoms with E-state index in [2.05, 4.69) is 19.8 Å². The van der Waals surface area contributed by atoms with Crippen molar-refractivity contribution in [1.29, 1.82) is 0 Å². The molecular formula is C68H50F6N6O8P2. The molecule has 2 unspecified atom stereocenters. The predicted molar refractivity (Wildman–Crippen MR) is 330 cm³/mol. The fourth-order valence-corrected chi connectivity index (χ4v) is 17.7. The van der Waals surface area contributed by atoms with Crippen LogP contribution in [0.1, 0.15) is 33.4 Å². The second-order valence-electron chi connectivity index (χ2n) is 22.1. The maximum Gasteiger partial charge on any atom is 0.416 e. The highest BCUT2D eigenvalue weighted by Crippen LogP contribution is 2.60. The van der Waals surface area contributed by atoms with Crippen LogP contribution in [0.3, 0.4) is 0 Å². The average Bonchev–Trinajstić information content (AvgIpc) is 0.755. The number of hydrogen-bond acceptors (Lipinski definition) is 14. The van der Waals surface area contributed by atoms with Gasteiger partial charge in [0.1, 0.15) is 45.1 Å². The molecule has 0 saturated heterocycles. The third kappa shape index (κ3) is 9.94. The monoisotopic (exact) mass is 1250 g/mol. The van der Waals surface area contributed by atoms with Crippen LogP contribution in [0.4, 0.5) is 49.1 Å². The molecule has 8 aromatic carbocycles. The lowest BCUT2D eigenvalue weighted by Gasteiger charge is -2.39. The van der Waals surface area contributed by atoms with E-state index in [4.69, 9.17) is 28.0 Å². The van der Waals surface area contributed by atoms with Gasteiger partial charge < -0.3 is 47.6 Å². The highest BCUT2D eigenvalue weighted by molar-refractivity contribution is 7.75. The van der Waals surface area contributed by atoms with Gasteiger partial charge in [-0.15, -0.1) is 0 Å². The van der Waals surface area contributed by atoms with Gasteiger partial charge in [0, 0.05) is 57.1 Å². The molecule has 0 bridgehead atoms. The van der Waals surface area contributed by atoms with Crippen molar-refractivity contribution in [2.45, 2.75) is 38.5 Å². The summed E-state index contributed by atoms with van der Waals surface area (Å²) in [5.41, 5.74) is 6.59. The molecule has 10 aromatic rings. The van der Waals surface area contributed by atoms with Crippen LogP contribution >= 0.6 is 14.7 Å². The molecule has 452 valence electrons. The van der Waals surface area contributed by atoms with Crippen molar-refractivity contribution in [3.05, 3.63) is 240 Å². The minimum absolute atomic E-state index is 0.0110. The molecule has 2 atom stereocenters. The van der Waals surface area contributed by atoms with Gasteiger partial charge in [0.25, 0.3) is 0 Å². The van der Waals surface area contributed by atoms with Crippen LogP contribution in [-0.4, -0.2) is 36.9 Å². The van der Waals surface area contributed by atoms with Gasteiger partial charge in [0.05, 0.1) is 71.7 Å². The molecule has 90 heavy (non-hydrogen) atoms. The van der Waals surface area contributed by atoms with Crippen molar-refractivity contribution in [3.63, 3.8) is 0 Å². The summed E-state index contributed by atoms with van der Waals surface area (Å²) >= 11 is 0. The van der Waals surface area contributed by atoms with Crippen LogP contribution in [0.2, 0.25) is 0 Å². The quantitative estimate of drug-likeness (QED) is 0.116. The Labute approximate surface area is 511 Å². The van der Waals surface area contributed by atoms with E-state index >= 15 is 9.13 Å². The second-order valence-corrected chi connectivity index (χ2v) is 26.5. The molecule has 6 aliphatic heterocycles. The van der Waals surface area contributed by atoms with Crippen LogP contribution in [0.5, 0.6) is 34.5 Å². The zero-order valence-corrected chi connectivity index (χ0v) is 49.2. The first kappa shape index (κ1) is 56.6. The minimum atomic E-state index is -4.56. The standard InChI is InChI=1S/C36H25F6N2O4P.C32H25N4O4P/c37-35(38,39)23-7-5-9-25(16-23)43-18-22-15-31-29(19-44(20-46-31)26-10-6-8-24(17-26)36(40,41)42)34(33(22)47-21-43)49(45)32-14-4-2-12-28(32)27-11-1-3-13-30(27)48-49;37-41(30-12-4-2-10-26(30)25-9-1-3-11-28(25)40-41)32-27-19-36(24-8-6-14-34-17-24)20-38-29(27)15-22-18-35(21-39-31(22)32)23-7-5-13-33-16-23/h1-17H,18-21H2;1-17H,18-21H2. The number of ether oxygens (including phenoxy) is 4. The third-order valence-corrected chi connectivity index (χ3v) is 21.7. The molecule has 0 radical (unpaired) electrons. The van der Waals surface area contributed by atoms with Crippen LogP contribution in [0.15, 0.2) is 207 Å². The lowest BCUT2D eigenvalue weighted by atomic mass is 10.0. The SMILES string of the molecule is O=P1(c2c3c(cc4c2OCN(c2cccc(C(F)(F)F)c2)C4)OCN(c2cccc(C(F)(F)F)c2)C3)Oc2ccccc2-c2ccccc21.O=P1(c2c3c(cc4c2OCN(c2cccnc2)C4)OCN(c2cccnc2)C3)Oc2ccccc2-c2ccccc21. The number of pyridine rings is 2.